The third-order valence-corrected chi connectivity index (χ3v) is 4.82. The largest absolute Gasteiger partial charge is 0.359 e. The lowest BCUT2D eigenvalue weighted by Crippen LogP contribution is -2.30. The number of hydrogen-bond acceptors (Lipinski definition) is 4. The van der Waals surface area contributed by atoms with Gasteiger partial charge in [-0.15, -0.1) is 0 Å². The van der Waals surface area contributed by atoms with E-state index >= 15 is 0 Å². The molecule has 2 atom stereocenters. The molecule has 3 N–H and O–H groups in total. The molecule has 6 nitrogen and oxygen atoms in total. The molecular weight excluding hydrogens is 316 g/mol. The second-order valence-electron chi connectivity index (χ2n) is 6.62. The molecule has 0 aliphatic carbocycles. The van der Waals surface area contributed by atoms with E-state index in [1.54, 1.807) is 14.1 Å². The first-order valence-electron chi connectivity index (χ1n) is 9.04. The number of nitrogens with zero attached hydrogens (tertiary/aromatic N) is 1. The van der Waals surface area contributed by atoms with Crippen molar-refractivity contribution in [1.29, 1.82) is 0 Å². The highest BCUT2D eigenvalue weighted by Crippen LogP contribution is 2.18. The Kier molecular flexibility index (Phi) is 7.88. The Balaban J connectivity index is 0.000000212. The first-order valence-corrected chi connectivity index (χ1v) is 9.04. The van der Waals surface area contributed by atoms with Gasteiger partial charge in [0, 0.05) is 33.7 Å². The van der Waals surface area contributed by atoms with E-state index in [1.165, 1.54) is 5.56 Å². The first-order chi connectivity index (χ1) is 12.1. The summed E-state index contributed by atoms with van der Waals surface area (Å²) in [5.74, 6) is 0.735. The highest BCUT2D eigenvalue weighted by Gasteiger charge is 2.27. The molecule has 0 aromatic heterocycles. The third-order valence-electron chi connectivity index (χ3n) is 4.82. The van der Waals surface area contributed by atoms with Crippen LogP contribution in [0.4, 0.5) is 0 Å². The molecule has 3 rings (SSSR count). The van der Waals surface area contributed by atoms with Crippen molar-refractivity contribution in [2.75, 3.05) is 40.3 Å². The maximum Gasteiger partial charge on any atom is 0.224 e. The molecule has 2 saturated heterocycles. The highest BCUT2D eigenvalue weighted by atomic mass is 16.2. The molecular formula is C19H30N4O2. The van der Waals surface area contributed by atoms with E-state index in [9.17, 15) is 9.59 Å². The minimum atomic E-state index is 0.167. The van der Waals surface area contributed by atoms with Crippen LogP contribution in [0.3, 0.4) is 0 Å². The summed E-state index contributed by atoms with van der Waals surface area (Å²) in [6.45, 7) is 4.69. The smallest absolute Gasteiger partial charge is 0.224 e. The summed E-state index contributed by atoms with van der Waals surface area (Å²) in [5, 5.41) is 8.48. The first kappa shape index (κ1) is 19.4. The molecule has 2 amide bonds. The number of carbonyl (C=O) groups is 2. The molecule has 2 aliphatic rings. The summed E-state index contributed by atoms with van der Waals surface area (Å²) in [5.41, 5.74) is 1.32. The number of benzene rings is 1. The molecule has 0 radical (unpaired) electrons. The van der Waals surface area contributed by atoms with Crippen LogP contribution in [0.2, 0.25) is 0 Å². The van der Waals surface area contributed by atoms with Crippen LogP contribution in [0.15, 0.2) is 30.3 Å². The fraction of sp³-hybridized carbons (Fsp3) is 0.579. The molecule has 1 aromatic rings. The predicted molar refractivity (Wildman–Crippen MR) is 98.9 cm³/mol. The second-order valence-corrected chi connectivity index (χ2v) is 6.62. The van der Waals surface area contributed by atoms with Crippen LogP contribution < -0.4 is 16.0 Å². The lowest BCUT2D eigenvalue weighted by atomic mass is 10.1. The van der Waals surface area contributed by atoms with E-state index in [-0.39, 0.29) is 23.7 Å². The average molecular weight is 346 g/mol. The number of nitrogens with one attached hydrogen (secondary N) is 3. The van der Waals surface area contributed by atoms with E-state index in [4.69, 9.17) is 0 Å². The molecule has 25 heavy (non-hydrogen) atoms. The van der Waals surface area contributed by atoms with Gasteiger partial charge in [0.1, 0.15) is 0 Å². The van der Waals surface area contributed by atoms with Crippen molar-refractivity contribution in [2.24, 2.45) is 11.8 Å². The minimum absolute atomic E-state index is 0.167. The average Bonchev–Trinajstić information content (AvgIpc) is 3.34. The molecule has 1 aromatic carbocycles. The molecule has 6 heteroatoms. The van der Waals surface area contributed by atoms with Crippen molar-refractivity contribution >= 4 is 11.8 Å². The normalized spacial score (nSPS) is 22.8. The predicted octanol–water partition coefficient (Wildman–Crippen LogP) is 0.596. The third kappa shape index (κ3) is 6.14. The molecule has 138 valence electrons. The Morgan fingerprint density at radius 1 is 1.08 bits per heavy atom. The van der Waals surface area contributed by atoms with Crippen molar-refractivity contribution in [2.45, 2.75) is 19.4 Å². The van der Waals surface area contributed by atoms with Crippen molar-refractivity contribution in [3.63, 3.8) is 0 Å². The zero-order valence-electron chi connectivity index (χ0n) is 15.3. The van der Waals surface area contributed by atoms with E-state index in [0.717, 1.165) is 45.6 Å². The number of hydrogen-bond donors (Lipinski definition) is 3. The summed E-state index contributed by atoms with van der Waals surface area (Å²) in [4.78, 5) is 24.7. The van der Waals surface area contributed by atoms with Crippen LogP contribution in [-0.4, -0.2) is 57.0 Å². The van der Waals surface area contributed by atoms with Gasteiger partial charge in [-0.3, -0.25) is 14.5 Å². The van der Waals surface area contributed by atoms with Gasteiger partial charge in [-0.1, -0.05) is 30.3 Å². The van der Waals surface area contributed by atoms with Crippen molar-refractivity contribution in [3.8, 4) is 0 Å². The summed E-state index contributed by atoms with van der Waals surface area (Å²) in [7, 11) is 3.39. The van der Waals surface area contributed by atoms with Gasteiger partial charge in [0.25, 0.3) is 0 Å². The van der Waals surface area contributed by atoms with Crippen molar-refractivity contribution in [3.05, 3.63) is 35.9 Å². The number of carbonyl (C=O) groups excluding carboxylic acids is 2. The lowest BCUT2D eigenvalue weighted by molar-refractivity contribution is -0.124. The Morgan fingerprint density at radius 2 is 1.76 bits per heavy atom. The van der Waals surface area contributed by atoms with Gasteiger partial charge in [-0.25, -0.2) is 0 Å². The van der Waals surface area contributed by atoms with Gasteiger partial charge in [0.05, 0.1) is 11.8 Å². The Morgan fingerprint density at radius 3 is 2.36 bits per heavy atom. The van der Waals surface area contributed by atoms with Crippen LogP contribution in [0.25, 0.3) is 0 Å². The lowest BCUT2D eigenvalue weighted by Gasteiger charge is -2.15. The standard InChI is InChI=1S/C13H18N2O.C6H12N2O/c1-14-13(16)12-7-8-15(10-12)9-11-5-3-2-4-6-11;1-7-6(9)5-2-3-8-4-5/h2-6,12H,7-10H2,1H3,(H,14,16);5,8H,2-4H2,1H3,(H,7,9). The summed E-state index contributed by atoms with van der Waals surface area (Å²) >= 11 is 0. The quantitative estimate of drug-likeness (QED) is 0.746. The molecule has 2 heterocycles. The van der Waals surface area contributed by atoms with Crippen LogP contribution in [0.5, 0.6) is 0 Å². The van der Waals surface area contributed by atoms with E-state index in [1.807, 2.05) is 6.07 Å². The molecule has 2 aliphatic heterocycles. The van der Waals surface area contributed by atoms with E-state index in [2.05, 4.69) is 45.1 Å². The minimum Gasteiger partial charge on any atom is -0.359 e. The van der Waals surface area contributed by atoms with Crippen LogP contribution in [0.1, 0.15) is 18.4 Å². The van der Waals surface area contributed by atoms with Crippen molar-refractivity contribution in [1.82, 2.24) is 20.9 Å². The van der Waals surface area contributed by atoms with Gasteiger partial charge >= 0.3 is 0 Å². The zero-order chi connectivity index (χ0) is 18.1. The second kappa shape index (κ2) is 10.2. The van der Waals surface area contributed by atoms with E-state index in [0.29, 0.717) is 0 Å². The van der Waals surface area contributed by atoms with E-state index < -0.39 is 0 Å². The molecule has 0 bridgehead atoms. The fourth-order valence-corrected chi connectivity index (χ4v) is 3.32. The summed E-state index contributed by atoms with van der Waals surface area (Å²) in [6, 6.07) is 10.4. The molecule has 2 fully saturated rings. The van der Waals surface area contributed by atoms with Gasteiger partial charge in [-0.2, -0.15) is 0 Å². The van der Waals surface area contributed by atoms with Crippen LogP contribution >= 0.6 is 0 Å². The zero-order valence-corrected chi connectivity index (χ0v) is 15.3. The van der Waals surface area contributed by atoms with Crippen molar-refractivity contribution < 1.29 is 9.59 Å². The SMILES string of the molecule is CNC(=O)C1CCN(Cc2ccccc2)C1.CNC(=O)C1CCNC1. The van der Waals surface area contributed by atoms with Gasteiger partial charge in [-0.05, 0) is 31.5 Å². The topological polar surface area (TPSA) is 73.5 Å². The Hall–Kier alpha value is -1.92. The Bertz CT molecular complexity index is 544. The highest BCUT2D eigenvalue weighted by molar-refractivity contribution is 5.79. The number of rotatable bonds is 4. The molecule has 2 unspecified atom stereocenters. The monoisotopic (exact) mass is 346 g/mol. The number of likely N-dealkylation sites (tertiary alicyclic amines) is 1. The van der Waals surface area contributed by atoms with Gasteiger partial charge < -0.3 is 16.0 Å². The summed E-state index contributed by atoms with van der Waals surface area (Å²) in [6.07, 6.45) is 1.96. The Labute approximate surface area is 150 Å². The maximum atomic E-state index is 11.5. The van der Waals surface area contributed by atoms with Gasteiger partial charge in [0.2, 0.25) is 11.8 Å². The van der Waals surface area contributed by atoms with Crippen LogP contribution in [-0.2, 0) is 16.1 Å². The van der Waals surface area contributed by atoms with Gasteiger partial charge in [0.15, 0.2) is 0 Å². The summed E-state index contributed by atoms with van der Waals surface area (Å²) < 4.78 is 0. The number of amides is 2. The fourth-order valence-electron chi connectivity index (χ4n) is 3.32. The van der Waals surface area contributed by atoms with Crippen LogP contribution in [0, 0.1) is 11.8 Å². The molecule has 0 saturated carbocycles. The maximum absolute atomic E-state index is 11.5. The molecule has 0 spiro atoms.